The fourth-order valence-electron chi connectivity index (χ4n) is 4.64. The zero-order chi connectivity index (χ0) is 18.1. The fourth-order valence-corrected chi connectivity index (χ4v) is 4.64. The van der Waals surface area contributed by atoms with E-state index in [2.05, 4.69) is 17.5 Å². The summed E-state index contributed by atoms with van der Waals surface area (Å²) in [6.07, 6.45) is 6.62. The molecule has 3 rings (SSSR count). The molecule has 136 valence electrons. The molecule has 0 spiro atoms. The van der Waals surface area contributed by atoms with Crippen molar-refractivity contribution >= 4 is 11.9 Å². The Kier molecular flexibility index (Phi) is 5.02. The van der Waals surface area contributed by atoms with Crippen molar-refractivity contribution in [2.45, 2.75) is 40.5 Å². The SMILES string of the molecule is CCOC(=O)C1=C(C)NC(C)=C(C(=O)OCC)C1[C@@H]1C[C@H]2C=C[C@H]1C2. The zero-order valence-electron chi connectivity index (χ0n) is 15.4. The van der Waals surface area contributed by atoms with Crippen LogP contribution in [0.3, 0.4) is 0 Å². The highest BCUT2D eigenvalue weighted by Gasteiger charge is 2.48. The van der Waals surface area contributed by atoms with E-state index >= 15 is 0 Å². The van der Waals surface area contributed by atoms with Crippen molar-refractivity contribution in [3.63, 3.8) is 0 Å². The molecule has 0 aromatic carbocycles. The molecule has 1 heterocycles. The number of rotatable bonds is 5. The summed E-state index contributed by atoms with van der Waals surface area (Å²) in [6, 6.07) is 0. The van der Waals surface area contributed by atoms with Crippen LogP contribution in [0.2, 0.25) is 0 Å². The maximum Gasteiger partial charge on any atom is 0.336 e. The van der Waals surface area contributed by atoms with Crippen LogP contribution in [0.4, 0.5) is 0 Å². The van der Waals surface area contributed by atoms with E-state index in [0.717, 1.165) is 24.2 Å². The van der Waals surface area contributed by atoms with Gasteiger partial charge >= 0.3 is 11.9 Å². The van der Waals surface area contributed by atoms with E-state index in [0.29, 0.717) is 36.2 Å². The summed E-state index contributed by atoms with van der Waals surface area (Å²) in [5.74, 6) is 0.261. The molecule has 5 nitrogen and oxygen atoms in total. The molecule has 25 heavy (non-hydrogen) atoms. The predicted octanol–water partition coefficient (Wildman–Crippen LogP) is 3.09. The maximum absolute atomic E-state index is 12.7. The van der Waals surface area contributed by atoms with Crippen molar-refractivity contribution in [2.75, 3.05) is 13.2 Å². The molecule has 5 heteroatoms. The van der Waals surface area contributed by atoms with Gasteiger partial charge in [-0.05, 0) is 58.3 Å². The van der Waals surface area contributed by atoms with Gasteiger partial charge in [-0.3, -0.25) is 0 Å². The number of dihydropyridines is 1. The Morgan fingerprint density at radius 1 is 1.00 bits per heavy atom. The average Bonchev–Trinajstić information content (AvgIpc) is 3.17. The Bertz CT molecular complexity index is 633. The van der Waals surface area contributed by atoms with Crippen molar-refractivity contribution in [2.24, 2.45) is 23.7 Å². The number of allylic oxidation sites excluding steroid dienone is 4. The van der Waals surface area contributed by atoms with Crippen molar-refractivity contribution in [3.8, 4) is 0 Å². The summed E-state index contributed by atoms with van der Waals surface area (Å²) < 4.78 is 10.6. The molecule has 0 radical (unpaired) electrons. The minimum absolute atomic E-state index is 0.237. The zero-order valence-corrected chi connectivity index (χ0v) is 15.4. The second-order valence-corrected chi connectivity index (χ2v) is 7.07. The Morgan fingerprint density at radius 2 is 1.56 bits per heavy atom. The third-order valence-corrected chi connectivity index (χ3v) is 5.55. The van der Waals surface area contributed by atoms with E-state index < -0.39 is 0 Å². The standard InChI is InChI=1S/C20H27NO4/c1-5-24-19(22)16-11(3)21-12(4)17(20(23)25-6-2)18(16)15-10-13-7-8-14(15)9-13/h7-8,13-15,18,21H,5-6,9-10H2,1-4H3/t13-,14-,15+/m0/s1. The lowest BCUT2D eigenvalue weighted by Gasteiger charge is -2.36. The number of hydrogen-bond acceptors (Lipinski definition) is 5. The van der Waals surface area contributed by atoms with Gasteiger partial charge in [-0.15, -0.1) is 0 Å². The van der Waals surface area contributed by atoms with Crippen LogP contribution >= 0.6 is 0 Å². The third-order valence-electron chi connectivity index (χ3n) is 5.55. The molecule has 2 bridgehead atoms. The van der Waals surface area contributed by atoms with Crippen molar-refractivity contribution in [3.05, 3.63) is 34.7 Å². The molecule has 0 saturated heterocycles. The van der Waals surface area contributed by atoms with Crippen LogP contribution in [-0.2, 0) is 19.1 Å². The summed E-state index contributed by atoms with van der Waals surface area (Å²) in [6.45, 7) is 7.99. The van der Waals surface area contributed by atoms with Crippen LogP contribution in [0, 0.1) is 23.7 Å². The summed E-state index contributed by atoms with van der Waals surface area (Å²) in [5, 5.41) is 3.20. The first-order chi connectivity index (χ1) is 12.0. The number of ether oxygens (including phenoxy) is 2. The van der Waals surface area contributed by atoms with Gasteiger partial charge in [-0.1, -0.05) is 12.2 Å². The molecule has 0 aromatic rings. The smallest absolute Gasteiger partial charge is 0.336 e. The molecule has 1 fully saturated rings. The van der Waals surface area contributed by atoms with Crippen molar-refractivity contribution in [1.82, 2.24) is 5.32 Å². The first-order valence-corrected chi connectivity index (χ1v) is 9.19. The highest BCUT2D eigenvalue weighted by Crippen LogP contribution is 2.52. The van der Waals surface area contributed by atoms with Gasteiger partial charge in [0.15, 0.2) is 0 Å². The lowest BCUT2D eigenvalue weighted by atomic mass is 9.71. The minimum Gasteiger partial charge on any atom is -0.463 e. The van der Waals surface area contributed by atoms with Crippen molar-refractivity contribution < 1.29 is 19.1 Å². The topological polar surface area (TPSA) is 64.6 Å². The molecule has 3 aliphatic rings. The summed E-state index contributed by atoms with van der Waals surface area (Å²) in [5.41, 5.74) is 2.73. The molecular weight excluding hydrogens is 318 g/mol. The summed E-state index contributed by atoms with van der Waals surface area (Å²) in [4.78, 5) is 25.4. The molecule has 2 aliphatic carbocycles. The Labute approximate surface area is 149 Å². The van der Waals surface area contributed by atoms with Gasteiger partial charge in [0.05, 0.1) is 24.4 Å². The summed E-state index contributed by atoms with van der Waals surface area (Å²) >= 11 is 0. The fraction of sp³-hybridized carbons (Fsp3) is 0.600. The molecule has 1 aliphatic heterocycles. The molecular formula is C20H27NO4. The van der Waals surface area contributed by atoms with Gasteiger partial charge < -0.3 is 14.8 Å². The molecule has 1 saturated carbocycles. The first kappa shape index (κ1) is 17.8. The molecule has 3 atom stereocenters. The van der Waals surface area contributed by atoms with E-state index in [9.17, 15) is 9.59 Å². The number of carbonyl (C=O) groups excluding carboxylic acids is 2. The first-order valence-electron chi connectivity index (χ1n) is 9.19. The van der Waals surface area contributed by atoms with Gasteiger partial charge in [0, 0.05) is 17.3 Å². The number of fused-ring (bicyclic) bond motifs is 2. The predicted molar refractivity (Wildman–Crippen MR) is 94.1 cm³/mol. The Morgan fingerprint density at radius 3 is 1.96 bits per heavy atom. The number of nitrogens with one attached hydrogen (secondary N) is 1. The van der Waals surface area contributed by atoms with Crippen LogP contribution < -0.4 is 5.32 Å². The third kappa shape index (κ3) is 3.12. The van der Waals surface area contributed by atoms with E-state index in [4.69, 9.17) is 9.47 Å². The van der Waals surface area contributed by atoms with Crippen LogP contribution in [0.1, 0.15) is 40.5 Å². The second kappa shape index (κ2) is 7.06. The lowest BCUT2D eigenvalue weighted by molar-refractivity contribution is -0.140. The van der Waals surface area contributed by atoms with Gasteiger partial charge in [0.1, 0.15) is 0 Å². The largest absolute Gasteiger partial charge is 0.463 e. The van der Waals surface area contributed by atoms with Crippen LogP contribution in [0.5, 0.6) is 0 Å². The van der Waals surface area contributed by atoms with Gasteiger partial charge in [0.2, 0.25) is 0 Å². The number of carbonyl (C=O) groups is 2. The molecule has 0 amide bonds. The van der Waals surface area contributed by atoms with E-state index in [1.807, 2.05) is 13.8 Å². The molecule has 0 aromatic heterocycles. The van der Waals surface area contributed by atoms with Crippen molar-refractivity contribution in [1.29, 1.82) is 0 Å². The monoisotopic (exact) mass is 345 g/mol. The number of hydrogen-bond donors (Lipinski definition) is 1. The molecule has 0 unspecified atom stereocenters. The summed E-state index contributed by atoms with van der Waals surface area (Å²) in [7, 11) is 0. The van der Waals surface area contributed by atoms with Crippen LogP contribution in [0.15, 0.2) is 34.7 Å². The average molecular weight is 345 g/mol. The van der Waals surface area contributed by atoms with E-state index in [1.165, 1.54) is 0 Å². The highest BCUT2D eigenvalue weighted by molar-refractivity contribution is 5.98. The second-order valence-electron chi connectivity index (χ2n) is 7.07. The number of esters is 2. The minimum atomic E-state index is -0.335. The van der Waals surface area contributed by atoms with Crippen LogP contribution in [-0.4, -0.2) is 25.2 Å². The van der Waals surface area contributed by atoms with Gasteiger partial charge in [0.25, 0.3) is 0 Å². The highest BCUT2D eigenvalue weighted by atomic mass is 16.5. The molecule has 1 N–H and O–H groups in total. The normalized spacial score (nSPS) is 28.4. The van der Waals surface area contributed by atoms with Gasteiger partial charge in [-0.2, -0.15) is 0 Å². The van der Waals surface area contributed by atoms with Gasteiger partial charge in [-0.25, -0.2) is 9.59 Å². The van der Waals surface area contributed by atoms with Crippen LogP contribution in [0.25, 0.3) is 0 Å². The van der Waals surface area contributed by atoms with E-state index in [-0.39, 0.29) is 23.8 Å². The Balaban J connectivity index is 2.04. The quantitative estimate of drug-likeness (QED) is 0.613. The maximum atomic E-state index is 12.7. The van der Waals surface area contributed by atoms with E-state index in [1.54, 1.807) is 13.8 Å². The lowest BCUT2D eigenvalue weighted by Crippen LogP contribution is -2.38. The Hall–Kier alpha value is -2.04.